The Morgan fingerprint density at radius 2 is 1.90 bits per heavy atom. The van der Waals surface area contributed by atoms with Crippen molar-refractivity contribution in [1.29, 1.82) is 0 Å². The van der Waals surface area contributed by atoms with Crippen LogP contribution in [0, 0.1) is 5.92 Å². The fourth-order valence-corrected chi connectivity index (χ4v) is 2.48. The van der Waals surface area contributed by atoms with E-state index in [9.17, 15) is 9.59 Å². The van der Waals surface area contributed by atoms with Crippen molar-refractivity contribution >= 4 is 12.0 Å². The van der Waals surface area contributed by atoms with Gasteiger partial charge >= 0.3 is 12.0 Å². The number of urea groups is 1. The van der Waals surface area contributed by atoms with Gasteiger partial charge < -0.3 is 25.2 Å². The van der Waals surface area contributed by atoms with Gasteiger partial charge in [0.25, 0.3) is 0 Å². The van der Waals surface area contributed by atoms with Gasteiger partial charge in [0, 0.05) is 13.1 Å². The summed E-state index contributed by atoms with van der Waals surface area (Å²) in [5.74, 6) is -0.871. The molecule has 2 rings (SSSR count). The van der Waals surface area contributed by atoms with E-state index in [1.54, 1.807) is 4.90 Å². The number of carboxylic acids is 1. The number of carboxylic acid groups (broad SMARTS) is 1. The lowest BCUT2D eigenvalue weighted by molar-refractivity contribution is -0.139. The summed E-state index contributed by atoms with van der Waals surface area (Å²) in [6.45, 7) is 1.43. The number of likely N-dealkylation sites (tertiary alicyclic amines) is 1. The van der Waals surface area contributed by atoms with Crippen LogP contribution in [0.3, 0.4) is 0 Å². The van der Waals surface area contributed by atoms with Crippen molar-refractivity contribution < 1.29 is 24.5 Å². The summed E-state index contributed by atoms with van der Waals surface area (Å²) in [5, 5.41) is 20.4. The van der Waals surface area contributed by atoms with Gasteiger partial charge in [-0.25, -0.2) is 9.59 Å². The average Bonchev–Trinajstić information content (AvgIpc) is 3.27. The Bertz CT molecular complexity index is 351. The molecule has 0 spiro atoms. The summed E-state index contributed by atoms with van der Waals surface area (Å²) in [7, 11) is 0. The second kappa shape index (κ2) is 6.90. The van der Waals surface area contributed by atoms with Gasteiger partial charge in [-0.1, -0.05) is 0 Å². The topological polar surface area (TPSA) is 99.1 Å². The summed E-state index contributed by atoms with van der Waals surface area (Å²) in [6, 6.07) is -1.06. The molecule has 7 nitrogen and oxygen atoms in total. The highest BCUT2D eigenvalue weighted by Gasteiger charge is 2.38. The van der Waals surface area contributed by atoms with Crippen LogP contribution >= 0.6 is 0 Å². The van der Waals surface area contributed by atoms with E-state index in [1.165, 1.54) is 0 Å². The van der Waals surface area contributed by atoms with Gasteiger partial charge in [-0.2, -0.15) is 0 Å². The number of nitrogens with zero attached hydrogens (tertiary/aromatic N) is 1. The summed E-state index contributed by atoms with van der Waals surface area (Å²) >= 11 is 0. The third-order valence-corrected chi connectivity index (χ3v) is 3.81. The molecule has 1 atom stereocenters. The summed E-state index contributed by atoms with van der Waals surface area (Å²) < 4.78 is 5.43. The lowest BCUT2D eigenvalue weighted by atomic mass is 10.1. The van der Waals surface area contributed by atoms with E-state index in [0.29, 0.717) is 32.5 Å². The average molecular weight is 286 g/mol. The van der Waals surface area contributed by atoms with E-state index in [0.717, 1.165) is 12.8 Å². The molecule has 20 heavy (non-hydrogen) atoms. The lowest BCUT2D eigenvalue weighted by Crippen LogP contribution is -2.51. The van der Waals surface area contributed by atoms with Crippen LogP contribution in [0.15, 0.2) is 0 Å². The van der Waals surface area contributed by atoms with E-state index in [4.69, 9.17) is 14.9 Å². The molecule has 3 N–H and O–H groups in total. The molecule has 2 amide bonds. The Morgan fingerprint density at radius 1 is 1.25 bits per heavy atom. The first-order valence-corrected chi connectivity index (χ1v) is 7.12. The van der Waals surface area contributed by atoms with Crippen molar-refractivity contribution in [2.75, 3.05) is 26.3 Å². The van der Waals surface area contributed by atoms with Crippen LogP contribution in [0.25, 0.3) is 0 Å². The Hall–Kier alpha value is -1.34. The number of rotatable bonds is 6. The smallest absolute Gasteiger partial charge is 0.326 e. The van der Waals surface area contributed by atoms with Crippen LogP contribution in [-0.2, 0) is 9.53 Å². The first-order valence-electron chi connectivity index (χ1n) is 7.12. The highest BCUT2D eigenvalue weighted by atomic mass is 16.5. The fraction of sp³-hybridized carbons (Fsp3) is 0.846. The van der Waals surface area contributed by atoms with Crippen LogP contribution in [-0.4, -0.2) is 65.6 Å². The van der Waals surface area contributed by atoms with Gasteiger partial charge in [-0.15, -0.1) is 0 Å². The van der Waals surface area contributed by atoms with E-state index in [1.807, 2.05) is 0 Å². The Balaban J connectivity index is 1.75. The molecule has 2 fully saturated rings. The van der Waals surface area contributed by atoms with Crippen molar-refractivity contribution in [3.63, 3.8) is 0 Å². The highest BCUT2D eigenvalue weighted by molar-refractivity contribution is 5.83. The van der Waals surface area contributed by atoms with Crippen molar-refractivity contribution in [2.45, 2.75) is 37.8 Å². The maximum absolute atomic E-state index is 12.0. The molecule has 0 radical (unpaired) electrons. The van der Waals surface area contributed by atoms with E-state index >= 15 is 0 Å². The van der Waals surface area contributed by atoms with Gasteiger partial charge in [-0.3, -0.25) is 0 Å². The molecule has 0 aromatic carbocycles. The Kier molecular flexibility index (Phi) is 5.19. The fourth-order valence-electron chi connectivity index (χ4n) is 2.48. The minimum Gasteiger partial charge on any atom is -0.480 e. The number of piperidine rings is 1. The molecule has 2 aliphatic rings. The summed E-state index contributed by atoms with van der Waals surface area (Å²) in [6.07, 6.45) is 3.25. The molecule has 114 valence electrons. The second-order valence-corrected chi connectivity index (χ2v) is 5.38. The number of amides is 2. The highest BCUT2D eigenvalue weighted by Crippen LogP contribution is 2.32. The first-order chi connectivity index (χ1) is 9.61. The molecule has 0 bridgehead atoms. The number of nitrogens with one attached hydrogen (secondary N) is 1. The van der Waals surface area contributed by atoms with Gasteiger partial charge in [0.05, 0.1) is 19.3 Å². The minimum absolute atomic E-state index is 0.00236. The predicted molar refractivity (Wildman–Crippen MR) is 70.3 cm³/mol. The molecule has 1 unspecified atom stereocenters. The number of hydrogen-bond acceptors (Lipinski definition) is 4. The van der Waals surface area contributed by atoms with Gasteiger partial charge in [0.1, 0.15) is 6.04 Å². The molecule has 7 heteroatoms. The molecule has 0 aromatic heterocycles. The zero-order chi connectivity index (χ0) is 14.5. The third-order valence-electron chi connectivity index (χ3n) is 3.81. The quantitative estimate of drug-likeness (QED) is 0.640. The van der Waals surface area contributed by atoms with Crippen LogP contribution in [0.1, 0.15) is 25.7 Å². The number of carbonyl (C=O) groups excluding carboxylic acids is 1. The molecule has 1 aliphatic carbocycles. The monoisotopic (exact) mass is 286 g/mol. The molecule has 1 saturated carbocycles. The SMILES string of the molecule is O=C(O)C(NC(=O)N1CCC(OCCO)CC1)C1CC1. The molecule has 1 aliphatic heterocycles. The number of aliphatic hydroxyl groups excluding tert-OH is 1. The van der Waals surface area contributed by atoms with Crippen molar-refractivity contribution in [2.24, 2.45) is 5.92 Å². The van der Waals surface area contributed by atoms with Gasteiger partial charge in [0.2, 0.25) is 0 Å². The normalized spacial score (nSPS) is 21.6. The molecule has 1 saturated heterocycles. The first kappa shape index (κ1) is 15.1. The molecule has 1 heterocycles. The summed E-state index contributed by atoms with van der Waals surface area (Å²) in [4.78, 5) is 24.8. The zero-order valence-electron chi connectivity index (χ0n) is 11.5. The molecule has 0 aromatic rings. The standard InChI is InChI=1S/C13H22N2O5/c16-7-8-20-10-3-5-15(6-4-10)13(19)14-11(12(17)18)9-1-2-9/h9-11,16H,1-8H2,(H,14,19)(H,17,18). The maximum Gasteiger partial charge on any atom is 0.326 e. The number of carbonyl (C=O) groups is 2. The predicted octanol–water partition coefficient (Wildman–Crippen LogP) is 0.0325. The van der Waals surface area contributed by atoms with Crippen LogP contribution in [0.5, 0.6) is 0 Å². The van der Waals surface area contributed by atoms with Crippen LogP contribution < -0.4 is 5.32 Å². The molecular weight excluding hydrogens is 264 g/mol. The number of ether oxygens (including phenoxy) is 1. The Morgan fingerprint density at radius 3 is 2.40 bits per heavy atom. The van der Waals surface area contributed by atoms with E-state index in [2.05, 4.69) is 5.32 Å². The zero-order valence-corrected chi connectivity index (χ0v) is 11.5. The largest absolute Gasteiger partial charge is 0.480 e. The number of aliphatic carboxylic acids is 1. The van der Waals surface area contributed by atoms with E-state index < -0.39 is 12.0 Å². The lowest BCUT2D eigenvalue weighted by Gasteiger charge is -2.32. The number of aliphatic hydroxyl groups is 1. The maximum atomic E-state index is 12.0. The second-order valence-electron chi connectivity index (χ2n) is 5.38. The Labute approximate surface area is 117 Å². The van der Waals surface area contributed by atoms with Gasteiger partial charge in [0.15, 0.2) is 0 Å². The minimum atomic E-state index is -0.956. The van der Waals surface area contributed by atoms with Crippen LogP contribution in [0.4, 0.5) is 4.79 Å². The van der Waals surface area contributed by atoms with Crippen LogP contribution in [0.2, 0.25) is 0 Å². The van der Waals surface area contributed by atoms with E-state index in [-0.39, 0.29) is 24.7 Å². The van der Waals surface area contributed by atoms with Crippen molar-refractivity contribution in [3.05, 3.63) is 0 Å². The van der Waals surface area contributed by atoms with Gasteiger partial charge in [-0.05, 0) is 31.6 Å². The van der Waals surface area contributed by atoms with Crippen molar-refractivity contribution in [1.82, 2.24) is 10.2 Å². The molecular formula is C13H22N2O5. The van der Waals surface area contributed by atoms with Crippen molar-refractivity contribution in [3.8, 4) is 0 Å². The third kappa shape index (κ3) is 4.08. The summed E-state index contributed by atoms with van der Waals surface area (Å²) in [5.41, 5.74) is 0. The number of hydrogen-bond donors (Lipinski definition) is 3.